The number of aldehydes is 1. The topological polar surface area (TPSA) is 315 Å². The number of nitrogens with one attached hydrogen (secondary N) is 4. The number of amides is 4. The lowest BCUT2D eigenvalue weighted by Crippen LogP contribution is -2.59. The van der Waals surface area contributed by atoms with Gasteiger partial charge in [-0.05, 0) is 44.4 Å². The Morgan fingerprint density at radius 3 is 1.90 bits per heavy atom. The van der Waals surface area contributed by atoms with Crippen LogP contribution < -0.4 is 27.2 Å². The molecule has 0 radical (unpaired) electrons. The lowest BCUT2D eigenvalue weighted by atomic mass is 9.91. The molecular formula is C32H51N7O13. The third-order valence-electron chi connectivity index (χ3n) is 9.26. The Labute approximate surface area is 300 Å². The van der Waals surface area contributed by atoms with Crippen LogP contribution in [0.25, 0.3) is 0 Å². The average Bonchev–Trinajstić information content (AvgIpc) is 3.82. The molecule has 2 saturated heterocycles. The Morgan fingerprint density at radius 2 is 1.37 bits per heavy atom. The molecule has 0 aromatic heterocycles. The van der Waals surface area contributed by atoms with Gasteiger partial charge in [-0.1, -0.05) is 20.3 Å². The first-order chi connectivity index (χ1) is 24.6. The number of carbonyl (C=O) groups is 9. The van der Waals surface area contributed by atoms with Crippen molar-refractivity contribution in [1.82, 2.24) is 31.3 Å². The fraction of sp³-hybridized carbons (Fsp3) is 0.719. The quantitative estimate of drug-likeness (QED) is 0.0275. The van der Waals surface area contributed by atoms with Crippen LogP contribution in [-0.4, -0.2) is 152 Å². The molecule has 20 heteroatoms. The molecule has 0 bridgehead atoms. The van der Waals surface area contributed by atoms with E-state index in [4.69, 9.17) is 10.8 Å². The zero-order valence-corrected chi connectivity index (χ0v) is 29.3. The maximum Gasteiger partial charge on any atom is 0.303 e. The van der Waals surface area contributed by atoms with E-state index in [1.807, 2.05) is 0 Å². The molecule has 4 amide bonds. The van der Waals surface area contributed by atoms with Crippen LogP contribution in [0.4, 0.5) is 0 Å². The van der Waals surface area contributed by atoms with E-state index in [1.54, 1.807) is 13.8 Å². The Morgan fingerprint density at radius 1 is 0.808 bits per heavy atom. The predicted molar refractivity (Wildman–Crippen MR) is 179 cm³/mol. The number of nitrogens with two attached hydrogens (primary N) is 1. The minimum Gasteiger partial charge on any atom is -0.481 e. The number of aliphatic hydroxyl groups is 2. The van der Waals surface area contributed by atoms with Gasteiger partial charge in [0.1, 0.15) is 30.5 Å². The zero-order valence-electron chi connectivity index (χ0n) is 29.3. The van der Waals surface area contributed by atoms with Crippen LogP contribution in [0, 0.1) is 5.92 Å². The number of aliphatic hydroxyl groups excluding tert-OH is 2. The maximum atomic E-state index is 14.0. The Balaban J connectivity index is 2.29. The highest BCUT2D eigenvalue weighted by Gasteiger charge is 2.46. The van der Waals surface area contributed by atoms with Gasteiger partial charge in [-0.2, -0.15) is 0 Å². The van der Waals surface area contributed by atoms with Gasteiger partial charge < -0.3 is 51.4 Å². The molecule has 292 valence electrons. The van der Waals surface area contributed by atoms with Crippen LogP contribution >= 0.6 is 0 Å². The summed E-state index contributed by atoms with van der Waals surface area (Å²) < 4.78 is 0. The van der Waals surface area contributed by atoms with E-state index in [9.17, 15) is 58.5 Å². The van der Waals surface area contributed by atoms with E-state index >= 15 is 0 Å². The molecule has 1 unspecified atom stereocenters. The van der Waals surface area contributed by atoms with Crippen molar-refractivity contribution < 1.29 is 63.6 Å². The standard InChI is InChI=1S/C32H51N7O13/c1-3-17(2)26(37-36-18(14-40)15-41)28(48)27(47)22-6-4-12-38(22)32(52)23-7-5-13-39(23)31(51)21(9-11-25(45)46)35-30(50)20(8-10-24(43)44)34-29(49)19(33)16-42/h14,17-23,26,36-37,41-42H,3-13,15-16,33H2,1-2H3,(H,34,49)(H,35,50)(H,43,44)(H,45,46)/t17-,18+,19-,20-,21-,22-,23-,26?/m0/s1. The van der Waals surface area contributed by atoms with Crippen molar-refractivity contribution in [2.75, 3.05) is 26.3 Å². The van der Waals surface area contributed by atoms with Crippen LogP contribution in [-0.2, 0) is 43.2 Å². The fourth-order valence-corrected chi connectivity index (χ4v) is 6.02. The number of ketones is 2. The minimum atomic E-state index is -1.52. The van der Waals surface area contributed by atoms with Gasteiger partial charge in [0.05, 0.1) is 31.3 Å². The molecule has 8 atom stereocenters. The van der Waals surface area contributed by atoms with E-state index in [2.05, 4.69) is 21.5 Å². The Bertz CT molecular complexity index is 1330. The number of nitrogens with zero attached hydrogens (tertiary/aromatic N) is 2. The van der Waals surface area contributed by atoms with Crippen LogP contribution in [0.3, 0.4) is 0 Å². The van der Waals surface area contributed by atoms with Crippen LogP contribution in [0.2, 0.25) is 0 Å². The van der Waals surface area contributed by atoms with E-state index in [0.717, 1.165) is 0 Å². The first-order valence-electron chi connectivity index (χ1n) is 17.3. The molecule has 2 rings (SSSR count). The van der Waals surface area contributed by atoms with Gasteiger partial charge in [-0.25, -0.2) is 10.9 Å². The number of aliphatic carboxylic acids is 2. The van der Waals surface area contributed by atoms with E-state index < -0.39 is 128 Å². The second kappa shape index (κ2) is 21.2. The molecule has 2 aliphatic rings. The number of Topliss-reactive ketones (excluding diaryl/α,β-unsaturated/α-hetero) is 2. The van der Waals surface area contributed by atoms with Crippen LogP contribution in [0.15, 0.2) is 0 Å². The summed E-state index contributed by atoms with van der Waals surface area (Å²) in [5.41, 5.74) is 10.7. The fourth-order valence-electron chi connectivity index (χ4n) is 6.02. The monoisotopic (exact) mass is 741 g/mol. The number of carbonyl (C=O) groups excluding carboxylic acids is 7. The minimum absolute atomic E-state index is 0.0407. The second-order valence-electron chi connectivity index (χ2n) is 13.0. The molecule has 0 aromatic carbocycles. The molecular weight excluding hydrogens is 690 g/mol. The van der Waals surface area contributed by atoms with E-state index in [-0.39, 0.29) is 31.8 Å². The highest BCUT2D eigenvalue weighted by atomic mass is 16.4. The maximum absolute atomic E-state index is 14.0. The summed E-state index contributed by atoms with van der Waals surface area (Å²) in [7, 11) is 0. The third-order valence-corrected chi connectivity index (χ3v) is 9.26. The summed E-state index contributed by atoms with van der Waals surface area (Å²) in [5, 5.41) is 41.6. The van der Waals surface area contributed by atoms with Crippen molar-refractivity contribution in [3.63, 3.8) is 0 Å². The molecule has 0 saturated carbocycles. The first kappa shape index (κ1) is 43.8. The lowest BCUT2D eigenvalue weighted by molar-refractivity contribution is -0.150. The molecule has 2 heterocycles. The van der Waals surface area contributed by atoms with Gasteiger partial charge >= 0.3 is 11.9 Å². The average molecular weight is 742 g/mol. The van der Waals surface area contributed by atoms with Gasteiger partial charge in [-0.3, -0.25) is 38.4 Å². The number of hydrogen-bond acceptors (Lipinski definition) is 14. The Kier molecular flexibility index (Phi) is 17.9. The van der Waals surface area contributed by atoms with Crippen molar-refractivity contribution in [2.24, 2.45) is 11.7 Å². The van der Waals surface area contributed by atoms with Crippen molar-refractivity contribution >= 4 is 53.4 Å². The molecule has 52 heavy (non-hydrogen) atoms. The molecule has 2 fully saturated rings. The van der Waals surface area contributed by atoms with Crippen molar-refractivity contribution in [1.29, 1.82) is 0 Å². The number of carboxylic acids is 2. The van der Waals surface area contributed by atoms with E-state index in [0.29, 0.717) is 25.5 Å². The van der Waals surface area contributed by atoms with Gasteiger partial charge in [-0.15, -0.1) is 0 Å². The Hall–Kier alpha value is -4.37. The summed E-state index contributed by atoms with van der Waals surface area (Å²) in [6.45, 7) is 2.32. The highest BCUT2D eigenvalue weighted by molar-refractivity contribution is 6.41. The predicted octanol–water partition coefficient (Wildman–Crippen LogP) is -3.81. The molecule has 2 aliphatic heterocycles. The van der Waals surface area contributed by atoms with Crippen molar-refractivity contribution in [2.45, 2.75) is 114 Å². The summed E-state index contributed by atoms with van der Waals surface area (Å²) in [6.07, 6.45) is -0.0403. The first-order valence-corrected chi connectivity index (χ1v) is 17.3. The van der Waals surface area contributed by atoms with Gasteiger partial charge in [0, 0.05) is 25.9 Å². The number of rotatable bonds is 23. The molecule has 0 spiro atoms. The molecule has 0 aromatic rings. The van der Waals surface area contributed by atoms with Crippen LogP contribution in [0.1, 0.15) is 71.6 Å². The SMILES string of the molecule is CC[C@H](C)C(NN[C@H](C=O)CO)C(=O)C(=O)[C@@H]1CCCN1C(=O)[C@@H]1CCCN1C(=O)[C@H](CCC(=O)O)NC(=O)[C@H](CCC(=O)O)NC(=O)[C@@H](N)CO. The molecule has 10 N–H and O–H groups in total. The largest absolute Gasteiger partial charge is 0.481 e. The lowest BCUT2D eigenvalue weighted by Gasteiger charge is -2.33. The van der Waals surface area contributed by atoms with Crippen LogP contribution in [0.5, 0.6) is 0 Å². The highest BCUT2D eigenvalue weighted by Crippen LogP contribution is 2.27. The van der Waals surface area contributed by atoms with Gasteiger partial charge in [0.15, 0.2) is 0 Å². The number of hydrogen-bond donors (Lipinski definition) is 9. The zero-order chi connectivity index (χ0) is 39.1. The third kappa shape index (κ3) is 12.1. The summed E-state index contributed by atoms with van der Waals surface area (Å²) in [4.78, 5) is 117. The summed E-state index contributed by atoms with van der Waals surface area (Å²) in [5.74, 6) is -8.10. The molecule has 0 aliphatic carbocycles. The smallest absolute Gasteiger partial charge is 0.303 e. The number of hydrazine groups is 1. The number of carboxylic acid groups (broad SMARTS) is 2. The summed E-state index contributed by atoms with van der Waals surface area (Å²) >= 11 is 0. The normalized spacial score (nSPS) is 20.6. The van der Waals surface area contributed by atoms with Crippen molar-refractivity contribution in [3.8, 4) is 0 Å². The van der Waals surface area contributed by atoms with Gasteiger partial charge in [0.25, 0.3) is 0 Å². The summed E-state index contributed by atoms with van der Waals surface area (Å²) in [6, 6.07) is -8.86. The van der Waals surface area contributed by atoms with Gasteiger partial charge in [0.2, 0.25) is 35.2 Å². The second-order valence-corrected chi connectivity index (χ2v) is 13.0. The molecule has 20 nitrogen and oxygen atoms in total. The van der Waals surface area contributed by atoms with Crippen molar-refractivity contribution in [3.05, 3.63) is 0 Å². The number of likely N-dealkylation sites (tertiary alicyclic amines) is 2. The van der Waals surface area contributed by atoms with E-state index in [1.165, 1.54) is 9.80 Å².